The molecule has 9 heteroatoms. The molecule has 24 heavy (non-hydrogen) atoms. The lowest BCUT2D eigenvalue weighted by atomic mass is 10.2. The molecule has 0 saturated heterocycles. The summed E-state index contributed by atoms with van der Waals surface area (Å²) in [5.41, 5.74) is 0.246. The quantitative estimate of drug-likeness (QED) is 0.755. The average molecular weight is 418 g/mol. The van der Waals surface area contributed by atoms with E-state index in [9.17, 15) is 17.6 Å². The van der Waals surface area contributed by atoms with Gasteiger partial charge in [-0.1, -0.05) is 6.07 Å². The first-order chi connectivity index (χ1) is 11.3. The molecule has 0 atom stereocenters. The van der Waals surface area contributed by atoms with Gasteiger partial charge in [0.1, 0.15) is 10.6 Å². The number of carbonyl (C=O) groups is 1. The average Bonchev–Trinajstić information content (AvgIpc) is 2.56. The first-order valence-corrected chi connectivity index (χ1v) is 8.81. The molecule has 0 unspecified atom stereocenters. The zero-order chi connectivity index (χ0) is 17.9. The van der Waals surface area contributed by atoms with Crippen LogP contribution >= 0.6 is 15.9 Å². The molecule has 0 saturated carbocycles. The molecule has 6 nitrogen and oxygen atoms in total. The number of nitrogens with one attached hydrogen (secondary N) is 1. The van der Waals surface area contributed by atoms with E-state index in [-0.39, 0.29) is 21.5 Å². The number of halogens is 2. The van der Waals surface area contributed by atoms with Crippen molar-refractivity contribution < 1.29 is 27.1 Å². The van der Waals surface area contributed by atoms with E-state index in [0.717, 1.165) is 6.07 Å². The van der Waals surface area contributed by atoms with Gasteiger partial charge in [0.05, 0.1) is 29.9 Å². The third-order valence-corrected chi connectivity index (χ3v) is 5.07. The molecular formula is C15H13BrFNO5S. The molecule has 0 bridgehead atoms. The number of rotatable bonds is 5. The Morgan fingerprint density at radius 3 is 2.54 bits per heavy atom. The van der Waals surface area contributed by atoms with Crippen LogP contribution < -0.4 is 9.46 Å². The fraction of sp³-hybridized carbons (Fsp3) is 0.133. The summed E-state index contributed by atoms with van der Waals surface area (Å²) in [5, 5.41) is 0. The van der Waals surface area contributed by atoms with E-state index in [4.69, 9.17) is 4.74 Å². The second-order valence-corrected chi connectivity index (χ2v) is 7.07. The lowest BCUT2D eigenvalue weighted by molar-refractivity contribution is 0.0600. The highest BCUT2D eigenvalue weighted by Gasteiger charge is 2.22. The first-order valence-electron chi connectivity index (χ1n) is 6.53. The summed E-state index contributed by atoms with van der Waals surface area (Å²) >= 11 is 2.94. The third-order valence-electron chi connectivity index (χ3n) is 3.07. The molecule has 2 aromatic rings. The van der Waals surface area contributed by atoms with Gasteiger partial charge in [0.2, 0.25) is 0 Å². The number of benzene rings is 2. The molecule has 0 aliphatic carbocycles. The van der Waals surface area contributed by atoms with Gasteiger partial charge < -0.3 is 9.47 Å². The molecular weight excluding hydrogens is 405 g/mol. The van der Waals surface area contributed by atoms with E-state index < -0.39 is 26.7 Å². The van der Waals surface area contributed by atoms with Gasteiger partial charge in [-0.2, -0.15) is 0 Å². The molecule has 0 spiro atoms. The number of esters is 1. The normalized spacial score (nSPS) is 11.0. The Bertz CT molecular complexity index is 885. The van der Waals surface area contributed by atoms with Gasteiger partial charge in [-0.15, -0.1) is 0 Å². The minimum atomic E-state index is -4.19. The van der Waals surface area contributed by atoms with Crippen LogP contribution in [0.4, 0.5) is 10.1 Å². The maximum absolute atomic E-state index is 14.0. The number of hydrogen-bond acceptors (Lipinski definition) is 5. The molecule has 1 N–H and O–H groups in total. The molecule has 0 fully saturated rings. The Morgan fingerprint density at radius 1 is 1.21 bits per heavy atom. The fourth-order valence-electron chi connectivity index (χ4n) is 1.91. The van der Waals surface area contributed by atoms with E-state index in [0.29, 0.717) is 0 Å². The summed E-state index contributed by atoms with van der Waals surface area (Å²) in [6.45, 7) is 0. The second kappa shape index (κ2) is 7.18. The zero-order valence-electron chi connectivity index (χ0n) is 12.7. The Balaban J connectivity index is 2.43. The predicted molar refractivity (Wildman–Crippen MR) is 89.2 cm³/mol. The van der Waals surface area contributed by atoms with Gasteiger partial charge in [-0.3, -0.25) is 4.72 Å². The van der Waals surface area contributed by atoms with Crippen LogP contribution in [0.2, 0.25) is 0 Å². The van der Waals surface area contributed by atoms with Crippen molar-refractivity contribution in [2.75, 3.05) is 18.9 Å². The SMILES string of the molecule is COC(=O)c1ccc(NS(=O)(=O)c2cccc(Br)c2F)c(OC)c1. The smallest absolute Gasteiger partial charge is 0.337 e. The number of carbonyl (C=O) groups excluding carboxylic acids is 1. The lowest BCUT2D eigenvalue weighted by Gasteiger charge is -2.13. The summed E-state index contributed by atoms with van der Waals surface area (Å²) in [6, 6.07) is 7.94. The maximum Gasteiger partial charge on any atom is 0.337 e. The first kappa shape index (κ1) is 18.2. The van der Waals surface area contributed by atoms with Crippen LogP contribution in [0.1, 0.15) is 10.4 Å². The van der Waals surface area contributed by atoms with E-state index >= 15 is 0 Å². The van der Waals surface area contributed by atoms with Gasteiger partial charge in [0.15, 0.2) is 5.82 Å². The maximum atomic E-state index is 14.0. The van der Waals surface area contributed by atoms with Crippen LogP contribution in [-0.2, 0) is 14.8 Å². The zero-order valence-corrected chi connectivity index (χ0v) is 15.1. The van der Waals surface area contributed by atoms with Gasteiger partial charge >= 0.3 is 5.97 Å². The van der Waals surface area contributed by atoms with E-state index in [1.807, 2.05) is 0 Å². The number of sulfonamides is 1. The van der Waals surface area contributed by atoms with Gasteiger partial charge in [0, 0.05) is 0 Å². The summed E-state index contributed by atoms with van der Waals surface area (Å²) < 4.78 is 50.8. The standard InChI is InChI=1S/C15H13BrFNO5S/c1-22-12-8-9(15(19)23-2)6-7-11(12)18-24(20,21)13-5-3-4-10(16)14(13)17/h3-8,18H,1-2H3. The van der Waals surface area contributed by atoms with Gasteiger partial charge in [0.25, 0.3) is 10.0 Å². The molecule has 0 aromatic heterocycles. The van der Waals surface area contributed by atoms with Crippen molar-refractivity contribution in [2.45, 2.75) is 4.90 Å². The molecule has 128 valence electrons. The topological polar surface area (TPSA) is 81.7 Å². The van der Waals surface area contributed by atoms with Crippen LogP contribution in [0.5, 0.6) is 5.75 Å². The minimum absolute atomic E-state index is 0.0263. The van der Waals surface area contributed by atoms with Gasteiger partial charge in [-0.25, -0.2) is 17.6 Å². The summed E-state index contributed by atoms with van der Waals surface area (Å²) in [7, 11) is -1.65. The predicted octanol–water partition coefficient (Wildman–Crippen LogP) is 3.18. The number of hydrogen-bond donors (Lipinski definition) is 1. The largest absolute Gasteiger partial charge is 0.495 e. The van der Waals surface area contributed by atoms with Crippen molar-refractivity contribution in [1.82, 2.24) is 0 Å². The lowest BCUT2D eigenvalue weighted by Crippen LogP contribution is -2.15. The van der Waals surface area contributed by atoms with E-state index in [1.54, 1.807) is 0 Å². The summed E-state index contributed by atoms with van der Waals surface area (Å²) in [5.74, 6) is -1.41. The highest BCUT2D eigenvalue weighted by atomic mass is 79.9. The Labute approximate surface area is 146 Å². The number of ether oxygens (including phenoxy) is 2. The van der Waals surface area contributed by atoms with Crippen LogP contribution in [0.25, 0.3) is 0 Å². The molecule has 0 radical (unpaired) electrons. The highest BCUT2D eigenvalue weighted by molar-refractivity contribution is 9.10. The van der Waals surface area contributed by atoms with Crippen molar-refractivity contribution in [3.8, 4) is 5.75 Å². The fourth-order valence-corrected chi connectivity index (χ4v) is 3.58. The molecule has 0 heterocycles. The van der Waals surface area contributed by atoms with Crippen LogP contribution in [-0.4, -0.2) is 28.6 Å². The second-order valence-electron chi connectivity index (χ2n) is 4.56. The number of anilines is 1. The Kier molecular flexibility index (Phi) is 5.45. The van der Waals surface area contributed by atoms with Crippen molar-refractivity contribution in [2.24, 2.45) is 0 Å². The van der Waals surface area contributed by atoms with Crippen molar-refractivity contribution in [3.63, 3.8) is 0 Å². The van der Waals surface area contributed by atoms with E-state index in [1.165, 1.54) is 44.6 Å². The van der Waals surface area contributed by atoms with Gasteiger partial charge in [-0.05, 0) is 46.3 Å². The Hall–Kier alpha value is -2.13. The summed E-state index contributed by atoms with van der Waals surface area (Å²) in [4.78, 5) is 11.0. The molecule has 2 aromatic carbocycles. The van der Waals surface area contributed by atoms with Crippen LogP contribution in [0.15, 0.2) is 45.8 Å². The molecule has 0 aliphatic rings. The number of methoxy groups -OCH3 is 2. The Morgan fingerprint density at radius 2 is 1.92 bits per heavy atom. The molecule has 0 amide bonds. The molecule has 0 aliphatic heterocycles. The third kappa shape index (κ3) is 3.68. The minimum Gasteiger partial charge on any atom is -0.495 e. The van der Waals surface area contributed by atoms with E-state index in [2.05, 4.69) is 25.4 Å². The van der Waals surface area contributed by atoms with Crippen molar-refractivity contribution in [1.29, 1.82) is 0 Å². The van der Waals surface area contributed by atoms with Crippen molar-refractivity contribution in [3.05, 3.63) is 52.3 Å². The highest BCUT2D eigenvalue weighted by Crippen LogP contribution is 2.30. The van der Waals surface area contributed by atoms with Crippen LogP contribution in [0.3, 0.4) is 0 Å². The van der Waals surface area contributed by atoms with Crippen LogP contribution in [0, 0.1) is 5.82 Å². The summed E-state index contributed by atoms with van der Waals surface area (Å²) in [6.07, 6.45) is 0. The molecule has 2 rings (SSSR count). The van der Waals surface area contributed by atoms with Crippen molar-refractivity contribution >= 4 is 37.6 Å². The monoisotopic (exact) mass is 417 g/mol.